The fourth-order valence-electron chi connectivity index (χ4n) is 1.58. The first kappa shape index (κ1) is 12.6. The molecule has 2 rings (SSSR count). The van der Waals surface area contributed by atoms with Crippen molar-refractivity contribution in [3.05, 3.63) is 24.3 Å². The summed E-state index contributed by atoms with van der Waals surface area (Å²) in [5.41, 5.74) is 6.09. The molecule has 0 aromatic heterocycles. The Morgan fingerprint density at radius 2 is 1.83 bits per heavy atom. The van der Waals surface area contributed by atoms with Crippen LogP contribution in [0, 0.1) is 5.92 Å². The number of amides is 1. The molecular weight excluding hydrogens is 254 g/mol. The third kappa shape index (κ3) is 2.08. The monoisotopic (exact) mass is 267 g/mol. The molecule has 1 aliphatic rings. The molecule has 0 spiro atoms. The summed E-state index contributed by atoms with van der Waals surface area (Å²) in [5.74, 6) is -0.411. The molecule has 7 heteroatoms. The lowest BCUT2D eigenvalue weighted by Crippen LogP contribution is -2.27. The van der Waals surface area contributed by atoms with E-state index in [0.717, 1.165) is 6.26 Å². The van der Waals surface area contributed by atoms with Gasteiger partial charge in [-0.15, -0.1) is 0 Å². The van der Waals surface area contributed by atoms with E-state index in [9.17, 15) is 13.2 Å². The van der Waals surface area contributed by atoms with E-state index in [2.05, 4.69) is 5.10 Å². The molecule has 0 radical (unpaired) electrons. The summed E-state index contributed by atoms with van der Waals surface area (Å²) < 4.78 is 22.6. The second kappa shape index (κ2) is 4.09. The standard InChI is InChI=1S/C11H13N3O3S/c1-7-10(12)13-14(11(7)15)8-3-5-9(6-4-8)18(2,16)17/h3-7H,1-2H3,(H2,12,13)/t7-/m0/s1. The summed E-state index contributed by atoms with van der Waals surface area (Å²) in [4.78, 5) is 12.0. The first-order valence-corrected chi connectivity index (χ1v) is 7.18. The molecule has 0 fully saturated rings. The van der Waals surface area contributed by atoms with Crippen molar-refractivity contribution in [1.29, 1.82) is 0 Å². The third-order valence-corrected chi connectivity index (χ3v) is 3.88. The third-order valence-electron chi connectivity index (χ3n) is 2.75. The van der Waals surface area contributed by atoms with Crippen LogP contribution in [0.25, 0.3) is 0 Å². The van der Waals surface area contributed by atoms with E-state index >= 15 is 0 Å². The zero-order chi connectivity index (χ0) is 13.5. The summed E-state index contributed by atoms with van der Waals surface area (Å²) in [7, 11) is -3.24. The molecule has 0 bridgehead atoms. The molecule has 6 nitrogen and oxygen atoms in total. The highest BCUT2D eigenvalue weighted by Gasteiger charge is 2.31. The fraction of sp³-hybridized carbons (Fsp3) is 0.273. The van der Waals surface area contributed by atoms with Gasteiger partial charge in [0, 0.05) is 6.26 Å². The molecular formula is C11H13N3O3S. The number of carbonyl (C=O) groups is 1. The summed E-state index contributed by atoms with van der Waals surface area (Å²) >= 11 is 0. The highest BCUT2D eigenvalue weighted by atomic mass is 32.2. The first-order chi connectivity index (χ1) is 8.30. The van der Waals surface area contributed by atoms with Gasteiger partial charge >= 0.3 is 0 Å². The quantitative estimate of drug-likeness (QED) is 0.836. The van der Waals surface area contributed by atoms with Crippen molar-refractivity contribution in [3.8, 4) is 0 Å². The van der Waals surface area contributed by atoms with Crippen LogP contribution in [0.15, 0.2) is 34.3 Å². The van der Waals surface area contributed by atoms with Gasteiger partial charge in [0.15, 0.2) is 9.84 Å². The Balaban J connectivity index is 2.35. The minimum absolute atomic E-state index is 0.197. The second-order valence-electron chi connectivity index (χ2n) is 4.16. The zero-order valence-corrected chi connectivity index (χ0v) is 10.8. The molecule has 18 heavy (non-hydrogen) atoms. The van der Waals surface area contributed by atoms with Crippen molar-refractivity contribution in [2.24, 2.45) is 16.8 Å². The number of hydrogen-bond donors (Lipinski definition) is 1. The Morgan fingerprint density at radius 1 is 1.28 bits per heavy atom. The molecule has 1 aliphatic heterocycles. The van der Waals surface area contributed by atoms with E-state index in [1.165, 1.54) is 29.3 Å². The number of nitrogens with two attached hydrogens (primary N) is 1. The van der Waals surface area contributed by atoms with Gasteiger partial charge in [0.05, 0.1) is 16.5 Å². The topological polar surface area (TPSA) is 92.8 Å². The maximum Gasteiger partial charge on any atom is 0.257 e. The Hall–Kier alpha value is -1.89. The molecule has 2 N–H and O–H groups in total. The fourth-order valence-corrected chi connectivity index (χ4v) is 2.21. The number of hydrazone groups is 1. The van der Waals surface area contributed by atoms with Gasteiger partial charge < -0.3 is 5.73 Å². The number of sulfone groups is 1. The minimum Gasteiger partial charge on any atom is -0.385 e. The summed E-state index contributed by atoms with van der Waals surface area (Å²) in [6, 6.07) is 5.94. The minimum atomic E-state index is -3.24. The molecule has 96 valence electrons. The van der Waals surface area contributed by atoms with E-state index < -0.39 is 15.8 Å². The smallest absolute Gasteiger partial charge is 0.257 e. The highest BCUT2D eigenvalue weighted by molar-refractivity contribution is 7.90. The van der Waals surface area contributed by atoms with Gasteiger partial charge in [0.2, 0.25) is 0 Å². The molecule has 1 aromatic carbocycles. The molecule has 0 saturated carbocycles. The number of rotatable bonds is 2. The Labute approximate surface area is 105 Å². The SMILES string of the molecule is C[C@@H]1C(=O)N(c2ccc(S(C)(=O)=O)cc2)N=C1N. The second-order valence-corrected chi connectivity index (χ2v) is 6.18. The van der Waals surface area contributed by atoms with Crippen molar-refractivity contribution in [2.45, 2.75) is 11.8 Å². The highest BCUT2D eigenvalue weighted by Crippen LogP contribution is 2.23. The van der Waals surface area contributed by atoms with Crippen LogP contribution in [-0.2, 0) is 14.6 Å². The number of benzene rings is 1. The van der Waals surface area contributed by atoms with Crippen molar-refractivity contribution >= 4 is 27.3 Å². The predicted molar refractivity (Wildman–Crippen MR) is 67.8 cm³/mol. The lowest BCUT2D eigenvalue weighted by Gasteiger charge is -2.12. The van der Waals surface area contributed by atoms with E-state index in [1.807, 2.05) is 0 Å². The van der Waals surface area contributed by atoms with Crippen LogP contribution in [0.1, 0.15) is 6.92 Å². The van der Waals surface area contributed by atoms with Gasteiger partial charge in [-0.25, -0.2) is 8.42 Å². The summed E-state index contributed by atoms with van der Waals surface area (Å²) in [5, 5.41) is 5.13. The number of anilines is 1. The number of carbonyl (C=O) groups excluding carboxylic acids is 1. The van der Waals surface area contributed by atoms with Crippen molar-refractivity contribution in [1.82, 2.24) is 0 Å². The lowest BCUT2D eigenvalue weighted by molar-refractivity contribution is -0.119. The van der Waals surface area contributed by atoms with Crippen LogP contribution >= 0.6 is 0 Å². The Kier molecular flexibility index (Phi) is 2.86. The summed E-state index contributed by atoms with van der Waals surface area (Å²) in [6.45, 7) is 1.67. The van der Waals surface area contributed by atoms with Gasteiger partial charge in [0.25, 0.3) is 5.91 Å². The Bertz CT molecular complexity index is 619. The Morgan fingerprint density at radius 3 is 2.22 bits per heavy atom. The van der Waals surface area contributed by atoms with Crippen LogP contribution < -0.4 is 10.7 Å². The first-order valence-electron chi connectivity index (χ1n) is 5.29. The van der Waals surface area contributed by atoms with E-state index in [0.29, 0.717) is 5.69 Å². The lowest BCUT2D eigenvalue weighted by atomic mass is 10.1. The average Bonchev–Trinajstić information content (AvgIpc) is 2.56. The van der Waals surface area contributed by atoms with Gasteiger partial charge in [-0.05, 0) is 31.2 Å². The maximum atomic E-state index is 11.8. The molecule has 1 heterocycles. The van der Waals surface area contributed by atoms with E-state index in [-0.39, 0.29) is 16.6 Å². The molecule has 0 saturated heterocycles. The van der Waals surface area contributed by atoms with Gasteiger partial charge in [-0.2, -0.15) is 10.1 Å². The molecule has 0 aliphatic carbocycles. The van der Waals surface area contributed by atoms with Gasteiger partial charge in [0.1, 0.15) is 5.84 Å². The molecule has 0 unspecified atom stereocenters. The number of hydrogen-bond acceptors (Lipinski definition) is 5. The number of nitrogens with zero attached hydrogens (tertiary/aromatic N) is 2. The van der Waals surface area contributed by atoms with Crippen molar-refractivity contribution in [2.75, 3.05) is 11.3 Å². The predicted octanol–water partition coefficient (Wildman–Crippen LogP) is 0.345. The largest absolute Gasteiger partial charge is 0.385 e. The van der Waals surface area contributed by atoms with Crippen LogP contribution in [-0.4, -0.2) is 26.4 Å². The van der Waals surface area contributed by atoms with Crippen LogP contribution in [0.5, 0.6) is 0 Å². The van der Waals surface area contributed by atoms with Crippen molar-refractivity contribution in [3.63, 3.8) is 0 Å². The van der Waals surface area contributed by atoms with E-state index in [1.54, 1.807) is 6.92 Å². The van der Waals surface area contributed by atoms with Crippen LogP contribution in [0.2, 0.25) is 0 Å². The molecule has 1 aromatic rings. The number of amidine groups is 1. The summed E-state index contributed by atoms with van der Waals surface area (Å²) in [6.07, 6.45) is 1.13. The van der Waals surface area contributed by atoms with Crippen LogP contribution in [0.3, 0.4) is 0 Å². The maximum absolute atomic E-state index is 11.8. The molecule has 1 amide bonds. The van der Waals surface area contributed by atoms with E-state index in [4.69, 9.17) is 5.73 Å². The van der Waals surface area contributed by atoms with Gasteiger partial charge in [-0.1, -0.05) is 0 Å². The van der Waals surface area contributed by atoms with Crippen molar-refractivity contribution < 1.29 is 13.2 Å². The molecule has 1 atom stereocenters. The average molecular weight is 267 g/mol. The normalized spacial score (nSPS) is 20.1. The van der Waals surface area contributed by atoms with Gasteiger partial charge in [-0.3, -0.25) is 4.79 Å². The zero-order valence-electron chi connectivity index (χ0n) is 9.99. The van der Waals surface area contributed by atoms with Crippen LogP contribution in [0.4, 0.5) is 5.69 Å².